The number of likely N-dealkylation sites (tertiary alicyclic amines) is 1. The molecular formula is C17H25N3O3S. The van der Waals surface area contributed by atoms with Crippen molar-refractivity contribution in [2.75, 3.05) is 25.0 Å². The third-order valence-electron chi connectivity index (χ3n) is 4.50. The molecule has 0 aromatic heterocycles. The highest BCUT2D eigenvalue weighted by molar-refractivity contribution is 7.90. The molecule has 1 atom stereocenters. The lowest BCUT2D eigenvalue weighted by molar-refractivity contribution is -0.117. The van der Waals surface area contributed by atoms with Gasteiger partial charge in [-0.25, -0.2) is 13.1 Å². The molecule has 1 unspecified atom stereocenters. The van der Waals surface area contributed by atoms with Gasteiger partial charge >= 0.3 is 0 Å². The van der Waals surface area contributed by atoms with E-state index in [4.69, 9.17) is 0 Å². The van der Waals surface area contributed by atoms with Crippen LogP contribution >= 0.6 is 0 Å². The molecule has 3 rings (SSSR count). The number of nitrogens with one attached hydrogen (secondary N) is 2. The van der Waals surface area contributed by atoms with Gasteiger partial charge in [0.05, 0.1) is 11.8 Å². The predicted molar refractivity (Wildman–Crippen MR) is 94.3 cm³/mol. The number of amides is 1. The van der Waals surface area contributed by atoms with E-state index >= 15 is 0 Å². The summed E-state index contributed by atoms with van der Waals surface area (Å²) in [5, 5.41) is 2.69. The molecule has 1 saturated heterocycles. The molecule has 2 N–H and O–H groups in total. The summed E-state index contributed by atoms with van der Waals surface area (Å²) >= 11 is 0. The van der Waals surface area contributed by atoms with E-state index < -0.39 is 10.0 Å². The highest BCUT2D eigenvalue weighted by Gasteiger charge is 2.37. The van der Waals surface area contributed by atoms with Crippen molar-refractivity contribution in [1.29, 1.82) is 0 Å². The van der Waals surface area contributed by atoms with Crippen molar-refractivity contribution < 1.29 is 13.2 Å². The lowest BCUT2D eigenvalue weighted by atomic mass is 10.1. The summed E-state index contributed by atoms with van der Waals surface area (Å²) in [6, 6.07) is 7.60. The molecule has 1 saturated carbocycles. The number of aryl methyl sites for hydroxylation is 1. The minimum Gasteiger partial charge on any atom is -0.325 e. The quantitative estimate of drug-likeness (QED) is 0.814. The van der Waals surface area contributed by atoms with E-state index in [1.165, 1.54) is 0 Å². The Morgan fingerprint density at radius 3 is 2.58 bits per heavy atom. The van der Waals surface area contributed by atoms with Crippen LogP contribution in [0.5, 0.6) is 0 Å². The highest BCUT2D eigenvalue weighted by atomic mass is 32.2. The van der Waals surface area contributed by atoms with E-state index in [-0.39, 0.29) is 23.7 Å². The number of nitrogens with zero attached hydrogens (tertiary/aromatic N) is 1. The molecule has 1 aromatic carbocycles. The van der Waals surface area contributed by atoms with Gasteiger partial charge < -0.3 is 5.32 Å². The molecule has 6 nitrogen and oxygen atoms in total. The van der Waals surface area contributed by atoms with E-state index in [1.807, 2.05) is 36.1 Å². The molecule has 0 bridgehead atoms. The number of hydrogen-bond donors (Lipinski definition) is 2. The molecule has 0 spiro atoms. The number of piperidine rings is 1. The molecule has 0 radical (unpaired) electrons. The minimum atomic E-state index is -3.17. The van der Waals surface area contributed by atoms with E-state index in [1.54, 1.807) is 0 Å². The normalized spacial score (nSPS) is 22.3. The monoisotopic (exact) mass is 351 g/mol. The van der Waals surface area contributed by atoms with Crippen molar-refractivity contribution in [3.05, 3.63) is 29.8 Å². The smallest absolute Gasteiger partial charge is 0.238 e. The zero-order valence-electron chi connectivity index (χ0n) is 14.0. The molecular weight excluding hydrogens is 326 g/mol. The zero-order chi connectivity index (χ0) is 17.2. The average Bonchev–Trinajstić information content (AvgIpc) is 3.35. The lowest BCUT2D eigenvalue weighted by Crippen LogP contribution is -2.50. The summed E-state index contributed by atoms with van der Waals surface area (Å²) in [5.74, 6) is -0.0652. The fourth-order valence-corrected chi connectivity index (χ4v) is 4.65. The SMILES string of the molecule is Cc1ccc(NC(=O)CN2CCCC(NS(=O)(=O)C3CC3)C2)cc1. The van der Waals surface area contributed by atoms with E-state index in [0.29, 0.717) is 6.54 Å². The summed E-state index contributed by atoms with van der Waals surface area (Å²) in [7, 11) is -3.17. The highest BCUT2D eigenvalue weighted by Crippen LogP contribution is 2.28. The molecule has 24 heavy (non-hydrogen) atoms. The maximum Gasteiger partial charge on any atom is 0.238 e. The van der Waals surface area contributed by atoms with Gasteiger partial charge in [0.1, 0.15) is 0 Å². The van der Waals surface area contributed by atoms with Gasteiger partial charge in [0.25, 0.3) is 0 Å². The molecule has 1 heterocycles. The Bertz CT molecular complexity index is 684. The molecule has 2 aliphatic rings. The van der Waals surface area contributed by atoms with Crippen LogP contribution in [-0.2, 0) is 14.8 Å². The lowest BCUT2D eigenvalue weighted by Gasteiger charge is -2.32. The molecule has 7 heteroatoms. The summed E-state index contributed by atoms with van der Waals surface area (Å²) in [6.07, 6.45) is 3.27. The van der Waals surface area contributed by atoms with Crippen molar-refractivity contribution in [2.24, 2.45) is 0 Å². The third-order valence-corrected chi connectivity index (χ3v) is 6.51. The maximum absolute atomic E-state index is 12.2. The van der Waals surface area contributed by atoms with Gasteiger partial charge in [-0.1, -0.05) is 17.7 Å². The maximum atomic E-state index is 12.2. The first-order valence-corrected chi connectivity index (χ1v) is 10.1. The number of carbonyl (C=O) groups excluding carboxylic acids is 1. The topological polar surface area (TPSA) is 78.5 Å². The number of carbonyl (C=O) groups is 1. The van der Waals surface area contributed by atoms with E-state index in [9.17, 15) is 13.2 Å². The Morgan fingerprint density at radius 2 is 1.92 bits per heavy atom. The van der Waals surface area contributed by atoms with Crippen LogP contribution in [0.25, 0.3) is 0 Å². The van der Waals surface area contributed by atoms with Crippen LogP contribution in [0.4, 0.5) is 5.69 Å². The second-order valence-electron chi connectivity index (χ2n) is 6.85. The molecule has 1 amide bonds. The summed E-state index contributed by atoms with van der Waals surface area (Å²) in [4.78, 5) is 14.2. The number of rotatable bonds is 6. The van der Waals surface area contributed by atoms with Crippen molar-refractivity contribution in [3.63, 3.8) is 0 Å². The second kappa shape index (κ2) is 7.21. The van der Waals surface area contributed by atoms with Crippen LogP contribution in [0.15, 0.2) is 24.3 Å². The summed E-state index contributed by atoms with van der Waals surface area (Å²) in [6.45, 7) is 3.70. The summed E-state index contributed by atoms with van der Waals surface area (Å²) < 4.78 is 26.9. The standard InChI is InChI=1S/C17H25N3O3S/c1-13-4-6-14(7-5-13)18-17(21)12-20-10-2-3-15(11-20)19-24(22,23)16-8-9-16/h4-7,15-16,19H,2-3,8-12H2,1H3,(H,18,21). The van der Waals surface area contributed by atoms with Gasteiger partial charge in [-0.15, -0.1) is 0 Å². The van der Waals surface area contributed by atoms with Crippen LogP contribution in [0.3, 0.4) is 0 Å². The fraction of sp³-hybridized carbons (Fsp3) is 0.588. The summed E-state index contributed by atoms with van der Waals surface area (Å²) in [5.41, 5.74) is 1.93. The van der Waals surface area contributed by atoms with E-state index in [0.717, 1.165) is 43.5 Å². The minimum absolute atomic E-state index is 0.0652. The molecule has 2 fully saturated rings. The second-order valence-corrected chi connectivity index (χ2v) is 8.84. The van der Waals surface area contributed by atoms with Gasteiger partial charge in [-0.2, -0.15) is 0 Å². The first-order valence-electron chi connectivity index (χ1n) is 8.52. The van der Waals surface area contributed by atoms with Gasteiger partial charge in [-0.05, 0) is 51.3 Å². The van der Waals surface area contributed by atoms with Crippen LogP contribution in [-0.4, -0.2) is 50.2 Å². The Hall–Kier alpha value is -1.44. The average molecular weight is 351 g/mol. The van der Waals surface area contributed by atoms with Crippen LogP contribution in [0, 0.1) is 6.92 Å². The number of hydrogen-bond acceptors (Lipinski definition) is 4. The van der Waals surface area contributed by atoms with Gasteiger partial charge in [0.15, 0.2) is 0 Å². The Kier molecular flexibility index (Phi) is 5.22. The van der Waals surface area contributed by atoms with Gasteiger partial charge in [0, 0.05) is 18.3 Å². The Morgan fingerprint density at radius 1 is 1.21 bits per heavy atom. The number of benzene rings is 1. The van der Waals surface area contributed by atoms with Crippen LogP contribution < -0.4 is 10.0 Å². The van der Waals surface area contributed by atoms with Crippen molar-refractivity contribution in [1.82, 2.24) is 9.62 Å². The van der Waals surface area contributed by atoms with Crippen molar-refractivity contribution in [3.8, 4) is 0 Å². The largest absolute Gasteiger partial charge is 0.325 e. The Labute approximate surface area is 143 Å². The van der Waals surface area contributed by atoms with Crippen molar-refractivity contribution in [2.45, 2.75) is 43.9 Å². The van der Waals surface area contributed by atoms with Crippen LogP contribution in [0.1, 0.15) is 31.2 Å². The Balaban J connectivity index is 1.49. The predicted octanol–water partition coefficient (Wildman–Crippen LogP) is 1.48. The molecule has 1 aliphatic heterocycles. The molecule has 132 valence electrons. The fourth-order valence-electron chi connectivity index (χ4n) is 3.04. The van der Waals surface area contributed by atoms with Crippen molar-refractivity contribution >= 4 is 21.6 Å². The molecule has 1 aromatic rings. The molecule has 1 aliphatic carbocycles. The first-order chi connectivity index (χ1) is 11.4. The van der Waals surface area contributed by atoms with Gasteiger partial charge in [-0.3, -0.25) is 9.69 Å². The number of sulfonamides is 1. The zero-order valence-corrected chi connectivity index (χ0v) is 14.8. The number of anilines is 1. The van der Waals surface area contributed by atoms with Crippen LogP contribution in [0.2, 0.25) is 0 Å². The first kappa shape index (κ1) is 17.4. The van der Waals surface area contributed by atoms with Gasteiger partial charge in [0.2, 0.25) is 15.9 Å². The third kappa shape index (κ3) is 4.78. The van der Waals surface area contributed by atoms with E-state index in [2.05, 4.69) is 10.0 Å².